The summed E-state index contributed by atoms with van der Waals surface area (Å²) >= 11 is 0. The Labute approximate surface area is 139 Å². The van der Waals surface area contributed by atoms with E-state index < -0.39 is 18.6 Å². The molecule has 1 aliphatic carbocycles. The molecule has 24 heavy (non-hydrogen) atoms. The number of carbonyl (C=O) groups excluding carboxylic acids is 1. The van der Waals surface area contributed by atoms with Crippen LogP contribution in [0.1, 0.15) is 49.1 Å². The predicted molar refractivity (Wildman–Crippen MR) is 82.5 cm³/mol. The fourth-order valence-electron chi connectivity index (χ4n) is 3.55. The van der Waals surface area contributed by atoms with Crippen molar-refractivity contribution in [3.63, 3.8) is 0 Å². The quantitative estimate of drug-likeness (QED) is 0.860. The van der Waals surface area contributed by atoms with E-state index in [1.165, 1.54) is 0 Å². The first-order valence-corrected chi connectivity index (χ1v) is 8.16. The molecular weight excluding hydrogens is 323 g/mol. The molecule has 8 heteroatoms. The van der Waals surface area contributed by atoms with Gasteiger partial charge in [0, 0.05) is 29.8 Å². The van der Waals surface area contributed by atoms with Crippen LogP contribution in [0.3, 0.4) is 0 Å². The molecule has 0 bridgehead atoms. The number of hydrogen-bond donors (Lipinski definition) is 2. The van der Waals surface area contributed by atoms with Crippen molar-refractivity contribution in [3.8, 4) is 0 Å². The van der Waals surface area contributed by atoms with Crippen molar-refractivity contribution in [2.45, 2.75) is 64.7 Å². The van der Waals surface area contributed by atoms with E-state index in [1.807, 2.05) is 0 Å². The summed E-state index contributed by atoms with van der Waals surface area (Å²) in [4.78, 5) is 12.5. The van der Waals surface area contributed by atoms with Crippen molar-refractivity contribution in [1.29, 1.82) is 0 Å². The number of nitrogens with zero attached hydrogens (tertiary/aromatic N) is 2. The Morgan fingerprint density at radius 1 is 1.42 bits per heavy atom. The van der Waals surface area contributed by atoms with Crippen LogP contribution in [0.25, 0.3) is 0 Å². The number of aryl methyl sites for hydroxylation is 1. The smallest absolute Gasteiger partial charge is 0.396 e. The van der Waals surface area contributed by atoms with Gasteiger partial charge in [0.15, 0.2) is 0 Å². The molecule has 136 valence electrons. The number of hydrogen-bond acceptors (Lipinski definition) is 3. The average molecular weight is 347 g/mol. The number of nitrogens with one attached hydrogen (secondary N) is 1. The van der Waals surface area contributed by atoms with Gasteiger partial charge in [0.25, 0.3) is 0 Å². The topological polar surface area (TPSA) is 67.2 Å². The molecule has 2 rings (SSSR count). The Hall–Kier alpha value is -1.57. The molecule has 0 aliphatic heterocycles. The maximum Gasteiger partial charge on any atom is 0.408 e. The van der Waals surface area contributed by atoms with Gasteiger partial charge in [-0.3, -0.25) is 9.48 Å². The molecule has 1 aliphatic rings. The average Bonchev–Trinajstić information content (AvgIpc) is 3.01. The van der Waals surface area contributed by atoms with E-state index in [2.05, 4.69) is 10.4 Å². The van der Waals surface area contributed by atoms with E-state index in [4.69, 9.17) is 0 Å². The number of amides is 1. The molecule has 1 saturated carbocycles. The molecule has 1 aromatic rings. The van der Waals surface area contributed by atoms with Crippen molar-refractivity contribution < 1.29 is 23.1 Å². The van der Waals surface area contributed by atoms with Crippen LogP contribution >= 0.6 is 0 Å². The van der Waals surface area contributed by atoms with Crippen LogP contribution in [0.15, 0.2) is 0 Å². The van der Waals surface area contributed by atoms with Gasteiger partial charge in [-0.1, -0.05) is 6.42 Å². The highest BCUT2D eigenvalue weighted by Gasteiger charge is 2.33. The van der Waals surface area contributed by atoms with Gasteiger partial charge in [-0.05, 0) is 33.6 Å². The largest absolute Gasteiger partial charge is 0.408 e. The van der Waals surface area contributed by atoms with Crippen LogP contribution in [0, 0.1) is 19.8 Å². The standard InChI is InChI=1S/C16H24F3N3O2/c1-9(15(24)20-13-6-4-5-12(13)7-23)14-10(2)21-22(11(14)3)8-16(17,18)19/h9,12-13,23H,4-8H2,1-3H3,(H,20,24)/t9-,12+,13-/m0/s1. The zero-order chi connectivity index (χ0) is 18.1. The normalized spacial score (nSPS) is 22.6. The van der Waals surface area contributed by atoms with Crippen LogP contribution < -0.4 is 5.32 Å². The first-order valence-electron chi connectivity index (χ1n) is 8.16. The monoisotopic (exact) mass is 347 g/mol. The van der Waals surface area contributed by atoms with E-state index in [0.717, 1.165) is 23.9 Å². The van der Waals surface area contributed by atoms with Crippen LogP contribution in [0.4, 0.5) is 13.2 Å². The molecule has 2 N–H and O–H groups in total. The lowest BCUT2D eigenvalue weighted by molar-refractivity contribution is -0.143. The number of rotatable bonds is 5. The molecule has 0 unspecified atom stereocenters. The summed E-state index contributed by atoms with van der Waals surface area (Å²) in [5, 5.41) is 16.2. The summed E-state index contributed by atoms with van der Waals surface area (Å²) in [5.41, 5.74) is 1.33. The third-order valence-corrected chi connectivity index (χ3v) is 4.81. The highest BCUT2D eigenvalue weighted by Crippen LogP contribution is 2.29. The van der Waals surface area contributed by atoms with Gasteiger partial charge >= 0.3 is 6.18 Å². The Balaban J connectivity index is 2.14. The molecule has 1 fully saturated rings. The summed E-state index contributed by atoms with van der Waals surface area (Å²) < 4.78 is 38.7. The SMILES string of the molecule is Cc1nn(CC(F)(F)F)c(C)c1[C@H](C)C(=O)N[C@H]1CCC[C@@H]1CO. The predicted octanol–water partition coefficient (Wildman–Crippen LogP) is 2.44. The lowest BCUT2D eigenvalue weighted by Gasteiger charge is -2.22. The second-order valence-corrected chi connectivity index (χ2v) is 6.57. The molecule has 5 nitrogen and oxygen atoms in total. The van der Waals surface area contributed by atoms with Gasteiger partial charge in [0.1, 0.15) is 6.54 Å². The van der Waals surface area contributed by atoms with E-state index >= 15 is 0 Å². The maximum atomic E-state index is 12.6. The number of halogens is 3. The number of aromatic nitrogens is 2. The zero-order valence-electron chi connectivity index (χ0n) is 14.2. The lowest BCUT2D eigenvalue weighted by Crippen LogP contribution is -2.40. The minimum absolute atomic E-state index is 0.0287. The number of aliphatic hydroxyl groups is 1. The summed E-state index contributed by atoms with van der Waals surface area (Å²) in [6, 6.07) is -0.0733. The van der Waals surface area contributed by atoms with Crippen molar-refractivity contribution in [2.24, 2.45) is 5.92 Å². The molecule has 3 atom stereocenters. The first kappa shape index (κ1) is 18.8. The zero-order valence-corrected chi connectivity index (χ0v) is 14.2. The molecule has 0 radical (unpaired) electrons. The Bertz CT molecular complexity index is 598. The van der Waals surface area contributed by atoms with Gasteiger partial charge in [0.05, 0.1) is 11.6 Å². The number of alkyl halides is 3. The second-order valence-electron chi connectivity index (χ2n) is 6.57. The number of aliphatic hydroxyl groups excluding tert-OH is 1. The Morgan fingerprint density at radius 3 is 2.67 bits per heavy atom. The highest BCUT2D eigenvalue weighted by atomic mass is 19.4. The third kappa shape index (κ3) is 4.09. The van der Waals surface area contributed by atoms with Crippen LogP contribution in [-0.4, -0.2) is 39.6 Å². The Morgan fingerprint density at radius 2 is 2.08 bits per heavy atom. The van der Waals surface area contributed by atoms with Crippen LogP contribution in [0.5, 0.6) is 0 Å². The summed E-state index contributed by atoms with van der Waals surface area (Å²) in [6.45, 7) is 3.71. The number of carbonyl (C=O) groups is 1. The molecule has 1 heterocycles. The Kier molecular flexibility index (Phi) is 5.57. The molecular formula is C16H24F3N3O2. The van der Waals surface area contributed by atoms with Gasteiger partial charge in [0.2, 0.25) is 5.91 Å². The molecule has 0 saturated heterocycles. The minimum atomic E-state index is -4.36. The summed E-state index contributed by atoms with van der Waals surface area (Å²) in [7, 11) is 0. The van der Waals surface area contributed by atoms with Crippen LogP contribution in [0.2, 0.25) is 0 Å². The van der Waals surface area contributed by atoms with E-state index in [1.54, 1.807) is 20.8 Å². The third-order valence-electron chi connectivity index (χ3n) is 4.81. The van der Waals surface area contributed by atoms with E-state index in [-0.39, 0.29) is 24.5 Å². The van der Waals surface area contributed by atoms with E-state index in [9.17, 15) is 23.1 Å². The van der Waals surface area contributed by atoms with Gasteiger partial charge in [-0.2, -0.15) is 18.3 Å². The van der Waals surface area contributed by atoms with Crippen LogP contribution in [-0.2, 0) is 11.3 Å². The molecule has 0 spiro atoms. The molecule has 1 aromatic heterocycles. The highest BCUT2D eigenvalue weighted by molar-refractivity contribution is 5.84. The maximum absolute atomic E-state index is 12.6. The van der Waals surface area contributed by atoms with Gasteiger partial charge in [-0.15, -0.1) is 0 Å². The fourth-order valence-corrected chi connectivity index (χ4v) is 3.55. The second kappa shape index (κ2) is 7.13. The van der Waals surface area contributed by atoms with Gasteiger partial charge < -0.3 is 10.4 Å². The molecule has 0 aromatic carbocycles. The lowest BCUT2D eigenvalue weighted by atomic mass is 9.96. The van der Waals surface area contributed by atoms with Gasteiger partial charge in [-0.25, -0.2) is 0 Å². The molecule has 1 amide bonds. The van der Waals surface area contributed by atoms with Crippen molar-refractivity contribution in [3.05, 3.63) is 17.0 Å². The summed E-state index contributed by atoms with van der Waals surface area (Å²) in [5.74, 6) is -0.777. The summed E-state index contributed by atoms with van der Waals surface area (Å²) in [6.07, 6.45) is -1.72. The first-order chi connectivity index (χ1) is 11.1. The van der Waals surface area contributed by atoms with Crippen molar-refractivity contribution in [1.82, 2.24) is 15.1 Å². The fraction of sp³-hybridized carbons (Fsp3) is 0.750. The van der Waals surface area contributed by atoms with Crippen molar-refractivity contribution >= 4 is 5.91 Å². The van der Waals surface area contributed by atoms with E-state index in [0.29, 0.717) is 17.0 Å². The minimum Gasteiger partial charge on any atom is -0.396 e. The van der Waals surface area contributed by atoms with Crippen molar-refractivity contribution in [2.75, 3.05) is 6.61 Å².